The highest BCUT2D eigenvalue weighted by molar-refractivity contribution is 6.32. The fraction of sp³-hybridized carbons (Fsp3) is 0.100. The zero-order valence-corrected chi connectivity index (χ0v) is 9.38. The van der Waals surface area contributed by atoms with E-state index in [1.807, 2.05) is 0 Å². The normalized spacial score (nSPS) is 11.8. The lowest BCUT2D eigenvalue weighted by atomic mass is 10.0. The van der Waals surface area contributed by atoms with Gasteiger partial charge in [0.1, 0.15) is 5.75 Å². The SMILES string of the molecule is Nc1oncc1-c1cc(C(F)(F)F)cc(Cl)c1O. The van der Waals surface area contributed by atoms with Crippen LogP contribution < -0.4 is 5.73 Å². The van der Waals surface area contributed by atoms with Gasteiger partial charge >= 0.3 is 6.18 Å². The molecular weight excluding hydrogens is 273 g/mol. The van der Waals surface area contributed by atoms with Crippen LogP contribution in [-0.2, 0) is 6.18 Å². The summed E-state index contributed by atoms with van der Waals surface area (Å²) in [5.74, 6) is -0.722. The van der Waals surface area contributed by atoms with Crippen molar-refractivity contribution in [3.63, 3.8) is 0 Å². The Labute approximate surface area is 104 Å². The third kappa shape index (κ3) is 2.08. The van der Waals surface area contributed by atoms with Crippen LogP contribution in [0, 0.1) is 0 Å². The Kier molecular flexibility index (Phi) is 2.86. The first-order valence-electron chi connectivity index (χ1n) is 4.61. The van der Waals surface area contributed by atoms with E-state index in [9.17, 15) is 18.3 Å². The van der Waals surface area contributed by atoms with Crippen molar-refractivity contribution in [2.24, 2.45) is 0 Å². The molecule has 4 nitrogen and oxygen atoms in total. The molecule has 0 unspecified atom stereocenters. The number of benzene rings is 1. The number of alkyl halides is 3. The maximum atomic E-state index is 12.6. The van der Waals surface area contributed by atoms with E-state index in [1.54, 1.807) is 0 Å². The average molecular weight is 279 g/mol. The molecular formula is C10H6ClF3N2O2. The summed E-state index contributed by atoms with van der Waals surface area (Å²) in [6.07, 6.45) is -3.49. The summed E-state index contributed by atoms with van der Waals surface area (Å²) in [6.45, 7) is 0. The number of nitrogens with zero attached hydrogens (tertiary/aromatic N) is 1. The van der Waals surface area contributed by atoms with Crippen LogP contribution in [0.2, 0.25) is 5.02 Å². The van der Waals surface area contributed by atoms with Crippen LogP contribution in [0.25, 0.3) is 11.1 Å². The molecule has 1 aromatic heterocycles. The first-order valence-corrected chi connectivity index (χ1v) is 4.98. The Morgan fingerprint density at radius 2 is 1.94 bits per heavy atom. The number of nitrogen functional groups attached to an aromatic ring is 1. The first kappa shape index (κ1) is 12.6. The van der Waals surface area contributed by atoms with Gasteiger partial charge in [0.25, 0.3) is 0 Å². The van der Waals surface area contributed by atoms with Gasteiger partial charge in [-0.3, -0.25) is 0 Å². The molecule has 1 heterocycles. The van der Waals surface area contributed by atoms with Crippen LogP contribution >= 0.6 is 11.6 Å². The number of halogens is 4. The average Bonchev–Trinajstić information content (AvgIpc) is 2.67. The number of phenolic OH excluding ortho intramolecular Hbond substituents is 1. The molecule has 0 fully saturated rings. The van der Waals surface area contributed by atoms with Crippen LogP contribution in [-0.4, -0.2) is 10.3 Å². The molecule has 2 rings (SSSR count). The molecule has 0 spiro atoms. The molecule has 18 heavy (non-hydrogen) atoms. The van der Waals surface area contributed by atoms with Gasteiger partial charge in [0, 0.05) is 5.56 Å². The third-order valence-electron chi connectivity index (χ3n) is 2.28. The topological polar surface area (TPSA) is 72.3 Å². The minimum atomic E-state index is -4.59. The van der Waals surface area contributed by atoms with Gasteiger partial charge in [-0.25, -0.2) is 0 Å². The second-order valence-electron chi connectivity index (χ2n) is 3.46. The van der Waals surface area contributed by atoms with Crippen molar-refractivity contribution in [2.45, 2.75) is 6.18 Å². The number of nitrogens with two attached hydrogens (primary N) is 1. The second-order valence-corrected chi connectivity index (χ2v) is 3.86. The number of rotatable bonds is 1. The maximum Gasteiger partial charge on any atom is 0.416 e. The van der Waals surface area contributed by atoms with Gasteiger partial charge in [-0.05, 0) is 12.1 Å². The summed E-state index contributed by atoms with van der Waals surface area (Å²) in [7, 11) is 0. The Bertz CT molecular complexity index is 595. The van der Waals surface area contributed by atoms with E-state index in [4.69, 9.17) is 17.3 Å². The number of anilines is 1. The van der Waals surface area contributed by atoms with Crippen molar-refractivity contribution < 1.29 is 22.8 Å². The minimum absolute atomic E-state index is 0.0421. The molecule has 0 saturated heterocycles. The molecule has 0 saturated carbocycles. The first-order chi connectivity index (χ1) is 8.30. The molecule has 0 radical (unpaired) electrons. The molecule has 0 aliphatic carbocycles. The Hall–Kier alpha value is -1.89. The summed E-state index contributed by atoms with van der Waals surface area (Å²) >= 11 is 5.55. The van der Waals surface area contributed by atoms with Gasteiger partial charge in [0.2, 0.25) is 5.88 Å². The highest BCUT2D eigenvalue weighted by atomic mass is 35.5. The Morgan fingerprint density at radius 3 is 2.44 bits per heavy atom. The van der Waals surface area contributed by atoms with Gasteiger partial charge in [-0.2, -0.15) is 13.2 Å². The van der Waals surface area contributed by atoms with Crippen LogP contribution in [0.1, 0.15) is 5.56 Å². The predicted molar refractivity (Wildman–Crippen MR) is 58.0 cm³/mol. The van der Waals surface area contributed by atoms with Crippen molar-refractivity contribution in [3.05, 3.63) is 28.9 Å². The number of phenols is 1. The van der Waals surface area contributed by atoms with E-state index < -0.39 is 22.5 Å². The summed E-state index contributed by atoms with van der Waals surface area (Å²) in [5.41, 5.74) is 4.24. The van der Waals surface area contributed by atoms with E-state index in [0.717, 1.165) is 12.3 Å². The highest BCUT2D eigenvalue weighted by Crippen LogP contribution is 2.42. The van der Waals surface area contributed by atoms with Crippen LogP contribution in [0.5, 0.6) is 5.75 Å². The van der Waals surface area contributed by atoms with E-state index in [-0.39, 0.29) is 17.0 Å². The number of hydrogen-bond acceptors (Lipinski definition) is 4. The summed E-state index contributed by atoms with van der Waals surface area (Å²) in [6, 6.07) is 1.36. The molecule has 8 heteroatoms. The molecule has 96 valence electrons. The van der Waals surface area contributed by atoms with Crippen molar-refractivity contribution in [2.75, 3.05) is 5.73 Å². The predicted octanol–water partition coefficient (Wildman–Crippen LogP) is 3.30. The fourth-order valence-corrected chi connectivity index (χ4v) is 1.64. The number of hydrogen-bond donors (Lipinski definition) is 2. The van der Waals surface area contributed by atoms with Gasteiger partial charge in [-0.15, -0.1) is 0 Å². The Balaban J connectivity index is 2.68. The van der Waals surface area contributed by atoms with Crippen LogP contribution in [0.4, 0.5) is 19.1 Å². The third-order valence-corrected chi connectivity index (χ3v) is 2.57. The molecule has 1 aromatic carbocycles. The molecule has 2 aromatic rings. The smallest absolute Gasteiger partial charge is 0.416 e. The summed E-state index contributed by atoms with van der Waals surface area (Å²) < 4.78 is 42.4. The fourth-order valence-electron chi connectivity index (χ4n) is 1.42. The van der Waals surface area contributed by atoms with Gasteiger partial charge < -0.3 is 15.4 Å². The van der Waals surface area contributed by atoms with Gasteiger partial charge in [-0.1, -0.05) is 16.8 Å². The standard InChI is InChI=1S/C10H6ClF3N2O2/c11-7-2-4(10(12,13)14)1-5(8(7)17)6-3-16-18-9(6)15/h1-3,17H,15H2. The van der Waals surface area contributed by atoms with Crippen molar-refractivity contribution in [1.82, 2.24) is 5.16 Å². The molecule has 0 amide bonds. The molecule has 0 bridgehead atoms. The zero-order valence-electron chi connectivity index (χ0n) is 8.62. The molecule has 3 N–H and O–H groups in total. The lowest BCUT2D eigenvalue weighted by Gasteiger charge is -2.11. The summed E-state index contributed by atoms with van der Waals surface area (Å²) in [5, 5.41) is 12.6. The molecule has 0 aliphatic heterocycles. The number of aromatic nitrogens is 1. The minimum Gasteiger partial charge on any atom is -0.506 e. The largest absolute Gasteiger partial charge is 0.506 e. The molecule has 0 atom stereocenters. The van der Waals surface area contributed by atoms with E-state index in [0.29, 0.717) is 6.07 Å². The molecule has 0 aliphatic rings. The quantitative estimate of drug-likeness (QED) is 0.839. The maximum absolute atomic E-state index is 12.6. The van der Waals surface area contributed by atoms with Crippen LogP contribution in [0.3, 0.4) is 0 Å². The van der Waals surface area contributed by atoms with Crippen molar-refractivity contribution in [3.8, 4) is 16.9 Å². The van der Waals surface area contributed by atoms with E-state index in [2.05, 4.69) is 9.68 Å². The van der Waals surface area contributed by atoms with Crippen LogP contribution in [0.15, 0.2) is 22.9 Å². The van der Waals surface area contributed by atoms with Gasteiger partial charge in [0.05, 0.1) is 22.3 Å². The monoisotopic (exact) mass is 278 g/mol. The van der Waals surface area contributed by atoms with E-state index >= 15 is 0 Å². The lowest BCUT2D eigenvalue weighted by molar-refractivity contribution is -0.137. The summed E-state index contributed by atoms with van der Waals surface area (Å²) in [4.78, 5) is 0. The number of aromatic hydroxyl groups is 1. The van der Waals surface area contributed by atoms with Crippen molar-refractivity contribution in [1.29, 1.82) is 0 Å². The van der Waals surface area contributed by atoms with Gasteiger partial charge in [0.15, 0.2) is 0 Å². The Morgan fingerprint density at radius 1 is 1.28 bits per heavy atom. The van der Waals surface area contributed by atoms with E-state index in [1.165, 1.54) is 0 Å². The van der Waals surface area contributed by atoms with Crippen molar-refractivity contribution >= 4 is 17.5 Å². The highest BCUT2D eigenvalue weighted by Gasteiger charge is 2.32. The zero-order chi connectivity index (χ0) is 13.5. The second kappa shape index (κ2) is 4.09. The lowest BCUT2D eigenvalue weighted by Crippen LogP contribution is -2.05.